The minimum absolute atomic E-state index is 0.0486. The lowest BCUT2D eigenvalue weighted by atomic mass is 10.3. The van der Waals surface area contributed by atoms with E-state index in [2.05, 4.69) is 255 Å². The Balaban J connectivity index is 0.000000211. The van der Waals surface area contributed by atoms with E-state index in [9.17, 15) is 18.0 Å². The number of carbonyl (C=O) groups is 2. The number of nitrogens with one attached hydrogen (secondary N) is 16. The summed E-state index contributed by atoms with van der Waals surface area (Å²) in [6.07, 6.45) is 40.3. The quantitative estimate of drug-likeness (QED) is 0.00612. The number of sulfonamides is 1. The molecule has 0 saturated heterocycles. The molecule has 0 aliphatic carbocycles. The molecule has 18 N–H and O–H groups in total. The number of imidazole rings is 1. The number of urea groups is 1. The fraction of sp³-hybridized carbons (Fsp3) is 0.160. The topological polar surface area (TPSA) is 443 Å². The Morgan fingerprint density at radius 3 is 1.09 bits per heavy atom. The van der Waals surface area contributed by atoms with E-state index in [1.807, 2.05) is 74.5 Å². The Bertz CT molecular complexity index is 5620. The molecule has 3 amide bonds. The fourth-order valence-electron chi connectivity index (χ4n) is 9.05. The monoisotopic (exact) mass is 2000 g/mol. The van der Waals surface area contributed by atoms with Gasteiger partial charge in [0.2, 0.25) is 29.7 Å². The zero-order chi connectivity index (χ0) is 88.0. The van der Waals surface area contributed by atoms with Gasteiger partial charge in [0.1, 0.15) is 29.1 Å². The van der Waals surface area contributed by atoms with E-state index >= 15 is 0 Å². The summed E-state index contributed by atoms with van der Waals surface area (Å²) in [6.45, 7) is 11.0. The number of anilines is 20. The van der Waals surface area contributed by atoms with Crippen LogP contribution in [0.2, 0.25) is 0 Å². The molecule has 5 aromatic carbocycles. The summed E-state index contributed by atoms with van der Waals surface area (Å²) >= 11 is 22.0. The van der Waals surface area contributed by atoms with Crippen LogP contribution in [0.15, 0.2) is 205 Å². The Labute approximate surface area is 753 Å². The molecule has 6 aromatic heterocycles. The molecule has 41 heteroatoms. The summed E-state index contributed by atoms with van der Waals surface area (Å²) in [7, 11) is -2.04. The first-order chi connectivity index (χ1) is 58.9. The largest absolute Gasteiger partial charge is 0.449 e. The van der Waals surface area contributed by atoms with E-state index in [4.69, 9.17) is 54.8 Å². The van der Waals surface area contributed by atoms with Gasteiger partial charge >= 0.3 is 12.1 Å². The predicted molar refractivity (Wildman–Crippen MR) is 509 cm³/mol. The molecule has 0 spiro atoms. The minimum atomic E-state index is -3.74. The average Bonchev–Trinajstić information content (AvgIpc) is 1.62. The molecule has 34 nitrogen and oxygen atoms in total. The number of terminal acetylenes is 5. The second-order valence-corrected chi connectivity index (χ2v) is 30.3. The van der Waals surface area contributed by atoms with E-state index in [1.165, 1.54) is 12.5 Å². The van der Waals surface area contributed by atoms with Gasteiger partial charge < -0.3 is 89.5 Å². The Morgan fingerprint density at radius 2 is 0.787 bits per heavy atom. The molecule has 6 heterocycles. The van der Waals surface area contributed by atoms with Crippen LogP contribution in [-0.2, 0) is 21.8 Å². The molecule has 0 saturated carbocycles. The molecule has 0 aliphatic rings. The second-order valence-electron chi connectivity index (χ2n) is 24.0. The lowest BCUT2D eigenvalue weighted by Crippen LogP contribution is -2.28. The van der Waals surface area contributed by atoms with Gasteiger partial charge in [-0.3, -0.25) is 10.0 Å². The highest BCUT2D eigenvalue weighted by Gasteiger charge is 2.18. The van der Waals surface area contributed by atoms with Crippen molar-refractivity contribution in [2.24, 2.45) is 7.05 Å². The van der Waals surface area contributed by atoms with Crippen molar-refractivity contribution in [2.75, 3.05) is 132 Å². The number of unbranched alkanes of at least 4 members (excludes halogenated alkanes) is 1. The zero-order valence-corrected chi connectivity index (χ0v) is 75.1. The van der Waals surface area contributed by atoms with E-state index < -0.39 is 16.1 Å². The van der Waals surface area contributed by atoms with Gasteiger partial charge in [0.05, 0.1) is 68.0 Å². The van der Waals surface area contributed by atoms with E-state index in [0.29, 0.717) is 149 Å². The van der Waals surface area contributed by atoms with Crippen molar-refractivity contribution in [3.8, 4) is 61.7 Å². The Morgan fingerprint density at radius 1 is 0.475 bits per heavy atom. The molecular formula is C81H82Br5N29O5S2. The van der Waals surface area contributed by atoms with Gasteiger partial charge in [0, 0.05) is 114 Å². The van der Waals surface area contributed by atoms with Gasteiger partial charge in [-0.25, -0.2) is 39.5 Å². The summed E-state index contributed by atoms with van der Waals surface area (Å²) in [4.78, 5) is 69.7. The maximum atomic E-state index is 12.3. The van der Waals surface area contributed by atoms with Crippen LogP contribution < -0.4 is 90.2 Å². The Kier molecular flexibility index (Phi) is 40.5. The van der Waals surface area contributed by atoms with Gasteiger partial charge in [-0.2, -0.15) is 33.3 Å². The molecular weight excluding hydrogens is 1920 g/mol. The van der Waals surface area contributed by atoms with Crippen molar-refractivity contribution in [1.29, 1.82) is 0 Å². The molecule has 0 atom stereocenters. The number of aryl methyl sites for hydroxylation is 1. The number of thiocarbonyl (C=S) groups is 1. The van der Waals surface area contributed by atoms with E-state index in [0.717, 1.165) is 59.2 Å². The van der Waals surface area contributed by atoms with Crippen LogP contribution in [-0.4, -0.2) is 137 Å². The van der Waals surface area contributed by atoms with Crippen LogP contribution in [0.5, 0.6) is 0 Å². The number of aromatic nitrogens is 12. The molecule has 11 rings (SSSR count). The second kappa shape index (κ2) is 51.7. The molecule has 628 valence electrons. The number of ether oxygens (including phenoxy) is 1. The third kappa shape index (κ3) is 34.4. The van der Waals surface area contributed by atoms with Crippen molar-refractivity contribution < 1.29 is 22.7 Å². The van der Waals surface area contributed by atoms with E-state index in [-0.39, 0.29) is 11.1 Å². The standard InChI is InChI=1S/C18H20BrN5O2.C17H16BrN7O2S.C17H17BrN6S.C16H17BrN6O.C13H12BrN5/c1-3-5-11-26-18(25)23-14-8-6-13(7-9-14)22-17-21-12-15(19)16(24-17)20-10-4-2;1-3-8-19-16-14(18)9-20-17(23-16)22-12-4-6-13(7-5-12)24-28(26,27)15-10-25(2)11-21-15;1-3-9-19-15-14(18)11-21-16(24-15)22-12-5-7-13(8-6-12)23-17(25)20-10-4-2;1-3-9-19-14-13(17)10-20-15(23-14)21-11-5-7-12(8-6-11)22-16(24)18-4-2;1-2-7-16-12-11(14)8-17-13(19-12)18-10-5-3-9(15)4-6-10/h2,6-9,12H,3,5,10-11H2,1H3,(H,23,25)(H2,20,21,22,24);1,4-7,9-11,24H,8H2,2H3,(H2,19,20,22,23);1,4-8,11H,2,9-10H2,(H2,20,23,25)(H2,19,21,22,24);1,5-8,10H,4,9H2,2H3,(H2,18,22,24)(H2,19,20,21,23);1,3-6,8H,7,15H2,(H2,16,17,18,19). The summed E-state index contributed by atoms with van der Waals surface area (Å²) < 4.78 is 37.3. The van der Waals surface area contributed by atoms with Crippen LogP contribution in [0.3, 0.4) is 0 Å². The zero-order valence-electron chi connectivity index (χ0n) is 65.5. The van der Waals surface area contributed by atoms with Crippen molar-refractivity contribution in [3.63, 3.8) is 0 Å². The van der Waals surface area contributed by atoms with Crippen LogP contribution in [0.25, 0.3) is 0 Å². The third-order valence-electron chi connectivity index (χ3n) is 14.7. The number of carbonyl (C=O) groups excluding carboxylic acids is 2. The van der Waals surface area contributed by atoms with Crippen molar-refractivity contribution in [3.05, 3.63) is 200 Å². The molecule has 0 fully saturated rings. The van der Waals surface area contributed by atoms with Crippen LogP contribution in [0.4, 0.5) is 125 Å². The summed E-state index contributed by atoms with van der Waals surface area (Å²) in [6, 6.07) is 35.7. The Hall–Kier alpha value is -13.6. The first-order valence-corrected chi connectivity index (χ1v) is 42.0. The first kappa shape index (κ1) is 95.6. The highest BCUT2D eigenvalue weighted by atomic mass is 79.9. The fourth-order valence-corrected chi connectivity index (χ4v) is 11.9. The van der Waals surface area contributed by atoms with Crippen molar-refractivity contribution in [2.45, 2.75) is 31.7 Å². The van der Waals surface area contributed by atoms with Crippen LogP contribution >= 0.6 is 91.9 Å². The average molecular weight is 2010 g/mol. The highest BCUT2D eigenvalue weighted by Crippen LogP contribution is 2.29. The number of nitrogens with two attached hydrogens (primary N) is 1. The number of benzene rings is 5. The van der Waals surface area contributed by atoms with Gasteiger partial charge in [-0.05, 0) is 227 Å². The number of rotatable bonds is 32. The normalized spacial score (nSPS) is 9.99. The van der Waals surface area contributed by atoms with Gasteiger partial charge in [0.15, 0.2) is 10.1 Å². The van der Waals surface area contributed by atoms with Crippen LogP contribution in [0.1, 0.15) is 26.7 Å². The molecule has 0 aliphatic heterocycles. The van der Waals surface area contributed by atoms with E-state index in [1.54, 1.807) is 109 Å². The maximum absolute atomic E-state index is 12.3. The molecule has 0 radical (unpaired) electrons. The molecule has 11 aromatic rings. The number of nitrogens with zero attached hydrogens (tertiary/aromatic N) is 12. The van der Waals surface area contributed by atoms with Gasteiger partial charge in [-0.1, -0.05) is 49.0 Å². The summed E-state index contributed by atoms with van der Waals surface area (Å²) in [5.74, 6) is 17.7. The van der Waals surface area contributed by atoms with Crippen molar-refractivity contribution in [1.82, 2.24) is 70.0 Å². The van der Waals surface area contributed by atoms with Crippen molar-refractivity contribution >= 4 is 235 Å². The lowest BCUT2D eigenvalue weighted by Gasteiger charge is -2.11. The van der Waals surface area contributed by atoms with Gasteiger partial charge in [0.25, 0.3) is 10.0 Å². The summed E-state index contributed by atoms with van der Waals surface area (Å²) in [5.41, 5.74) is 12.9. The number of nitrogen functional groups attached to an aromatic ring is 1. The maximum Gasteiger partial charge on any atom is 0.411 e. The minimum Gasteiger partial charge on any atom is -0.449 e. The third-order valence-corrected chi connectivity index (χ3v) is 19.1. The summed E-state index contributed by atoms with van der Waals surface area (Å²) in [5, 5.41) is 45.1. The van der Waals surface area contributed by atoms with Gasteiger partial charge in [-0.15, -0.1) is 38.7 Å². The molecule has 122 heavy (non-hydrogen) atoms. The SMILES string of the molecule is C#CCNc1nc(Nc2ccc(N)cc2)ncc1Br.C#CCNc1nc(Nc2ccc(NC(=O)NCC)cc2)ncc1Br.C#CCNc1nc(Nc2ccc(NC(=O)OCCCC)cc2)ncc1Br.C#CCNc1nc(Nc2ccc(NC(=S)NCC=C)cc2)ncc1Br.C#CCNc1nc(Nc2ccc(NS(=O)(=O)c3cn(C)cn3)cc2)ncc1Br. The highest BCUT2D eigenvalue weighted by molar-refractivity contribution is 9.11. The number of hydrogen-bond acceptors (Lipinski definition) is 28. The molecule has 0 unspecified atom stereocenters. The first-order valence-electron chi connectivity index (χ1n) is 36.2. The smallest absolute Gasteiger partial charge is 0.411 e. The number of hydrogen-bond donors (Lipinski definition) is 17. The number of amides is 3. The number of halogens is 5. The predicted octanol–water partition coefficient (Wildman–Crippen LogP) is 16.2. The van der Waals surface area contributed by atoms with Crippen LogP contribution in [0, 0.1) is 61.7 Å². The molecule has 0 bridgehead atoms. The lowest BCUT2D eigenvalue weighted by molar-refractivity contribution is 0.160.